The van der Waals surface area contributed by atoms with Gasteiger partial charge in [0.1, 0.15) is 11.6 Å². The van der Waals surface area contributed by atoms with Crippen LogP contribution in [0.4, 0.5) is 8.78 Å². The SMILES string of the molecule is C/C(=N/O)c1c(F)cccc1F. The largest absolute Gasteiger partial charge is 0.411 e. The van der Waals surface area contributed by atoms with Crippen LogP contribution in [-0.2, 0) is 0 Å². The summed E-state index contributed by atoms with van der Waals surface area (Å²) in [6.07, 6.45) is 0. The van der Waals surface area contributed by atoms with E-state index in [0.717, 1.165) is 12.1 Å². The van der Waals surface area contributed by atoms with Gasteiger partial charge in [-0.25, -0.2) is 8.78 Å². The van der Waals surface area contributed by atoms with Gasteiger partial charge in [-0.3, -0.25) is 0 Å². The Morgan fingerprint density at radius 1 is 1.33 bits per heavy atom. The van der Waals surface area contributed by atoms with E-state index < -0.39 is 11.6 Å². The highest BCUT2D eigenvalue weighted by Gasteiger charge is 2.10. The van der Waals surface area contributed by atoms with Crippen LogP contribution in [0.3, 0.4) is 0 Å². The van der Waals surface area contributed by atoms with Crippen molar-refractivity contribution >= 4 is 5.71 Å². The van der Waals surface area contributed by atoms with Crippen molar-refractivity contribution in [1.82, 2.24) is 0 Å². The highest BCUT2D eigenvalue weighted by Crippen LogP contribution is 2.12. The molecule has 0 unspecified atom stereocenters. The number of hydrogen-bond donors (Lipinski definition) is 1. The molecule has 0 spiro atoms. The van der Waals surface area contributed by atoms with E-state index in [1.807, 2.05) is 0 Å². The van der Waals surface area contributed by atoms with Crippen molar-refractivity contribution in [3.63, 3.8) is 0 Å². The Morgan fingerprint density at radius 3 is 2.25 bits per heavy atom. The molecule has 0 aliphatic carbocycles. The highest BCUT2D eigenvalue weighted by molar-refractivity contribution is 5.98. The third-order valence-corrected chi connectivity index (χ3v) is 1.47. The number of nitrogens with zero attached hydrogens (tertiary/aromatic N) is 1. The average molecular weight is 171 g/mol. The van der Waals surface area contributed by atoms with E-state index in [1.165, 1.54) is 13.0 Å². The third kappa shape index (κ3) is 1.42. The van der Waals surface area contributed by atoms with Crippen molar-refractivity contribution in [2.45, 2.75) is 6.92 Å². The maximum Gasteiger partial charge on any atom is 0.135 e. The number of oxime groups is 1. The lowest BCUT2D eigenvalue weighted by Crippen LogP contribution is -2.02. The van der Waals surface area contributed by atoms with Crippen LogP contribution in [0, 0.1) is 11.6 Å². The molecule has 0 saturated heterocycles. The van der Waals surface area contributed by atoms with Gasteiger partial charge < -0.3 is 5.21 Å². The van der Waals surface area contributed by atoms with Crippen LogP contribution in [-0.4, -0.2) is 10.9 Å². The van der Waals surface area contributed by atoms with Gasteiger partial charge in [0.15, 0.2) is 0 Å². The van der Waals surface area contributed by atoms with Crippen molar-refractivity contribution in [2.75, 3.05) is 0 Å². The quantitative estimate of drug-likeness (QED) is 0.392. The van der Waals surface area contributed by atoms with E-state index in [2.05, 4.69) is 5.16 Å². The Kier molecular flexibility index (Phi) is 2.38. The summed E-state index contributed by atoms with van der Waals surface area (Å²) in [7, 11) is 0. The molecule has 0 aliphatic heterocycles. The van der Waals surface area contributed by atoms with Crippen LogP contribution in [0.1, 0.15) is 12.5 Å². The van der Waals surface area contributed by atoms with Crippen molar-refractivity contribution in [2.24, 2.45) is 5.16 Å². The first kappa shape index (κ1) is 8.64. The second-order valence-corrected chi connectivity index (χ2v) is 2.28. The van der Waals surface area contributed by atoms with E-state index in [4.69, 9.17) is 5.21 Å². The van der Waals surface area contributed by atoms with Gasteiger partial charge in [0.25, 0.3) is 0 Å². The van der Waals surface area contributed by atoms with Crippen LogP contribution >= 0.6 is 0 Å². The van der Waals surface area contributed by atoms with Crippen molar-refractivity contribution in [3.8, 4) is 0 Å². The molecular weight excluding hydrogens is 164 g/mol. The van der Waals surface area contributed by atoms with Gasteiger partial charge in [-0.2, -0.15) is 0 Å². The van der Waals surface area contributed by atoms with Gasteiger partial charge in [0.05, 0.1) is 11.3 Å². The van der Waals surface area contributed by atoms with E-state index in [-0.39, 0.29) is 11.3 Å². The molecule has 0 aromatic heterocycles. The lowest BCUT2D eigenvalue weighted by Gasteiger charge is -2.00. The van der Waals surface area contributed by atoms with Crippen LogP contribution in [0.25, 0.3) is 0 Å². The molecule has 64 valence electrons. The monoisotopic (exact) mass is 171 g/mol. The minimum atomic E-state index is -0.731. The summed E-state index contributed by atoms with van der Waals surface area (Å²) in [5.74, 6) is -1.46. The molecule has 2 nitrogen and oxygen atoms in total. The first-order chi connectivity index (χ1) is 5.66. The number of halogens is 2. The topological polar surface area (TPSA) is 32.6 Å². The first-order valence-electron chi connectivity index (χ1n) is 3.30. The summed E-state index contributed by atoms with van der Waals surface area (Å²) >= 11 is 0. The molecule has 1 rings (SSSR count). The van der Waals surface area contributed by atoms with Crippen LogP contribution in [0.2, 0.25) is 0 Å². The van der Waals surface area contributed by atoms with Crippen molar-refractivity contribution < 1.29 is 14.0 Å². The predicted molar refractivity (Wildman–Crippen MR) is 40.4 cm³/mol. The van der Waals surface area contributed by atoms with Gasteiger partial charge in [-0.05, 0) is 19.1 Å². The molecule has 0 fully saturated rings. The Labute approximate surface area is 68.1 Å². The molecule has 0 aliphatic rings. The zero-order chi connectivity index (χ0) is 9.14. The predicted octanol–water partition coefficient (Wildman–Crippen LogP) is 2.16. The molecule has 0 bridgehead atoms. The van der Waals surface area contributed by atoms with Gasteiger partial charge in [0.2, 0.25) is 0 Å². The van der Waals surface area contributed by atoms with Gasteiger partial charge in [0, 0.05) is 0 Å². The first-order valence-corrected chi connectivity index (χ1v) is 3.30. The van der Waals surface area contributed by atoms with Gasteiger partial charge in [-0.15, -0.1) is 0 Å². The lowest BCUT2D eigenvalue weighted by atomic mass is 10.1. The molecule has 0 saturated carbocycles. The maximum atomic E-state index is 12.9. The molecule has 0 atom stereocenters. The average Bonchev–Trinajstić information content (AvgIpc) is 2.03. The number of hydrogen-bond acceptors (Lipinski definition) is 2. The molecule has 4 heteroatoms. The molecule has 1 N–H and O–H groups in total. The van der Waals surface area contributed by atoms with Gasteiger partial charge >= 0.3 is 0 Å². The molecule has 12 heavy (non-hydrogen) atoms. The van der Waals surface area contributed by atoms with E-state index in [9.17, 15) is 8.78 Å². The fraction of sp³-hybridized carbons (Fsp3) is 0.125. The standard InChI is InChI=1S/C8H7F2NO/c1-5(11-12)8-6(9)3-2-4-7(8)10/h2-4,12H,1H3/b11-5-. The Bertz CT molecular complexity index is 303. The summed E-state index contributed by atoms with van der Waals surface area (Å²) in [5.41, 5.74) is -0.370. The molecular formula is C8H7F2NO. The minimum absolute atomic E-state index is 0.0781. The van der Waals surface area contributed by atoms with Crippen LogP contribution < -0.4 is 0 Å². The third-order valence-electron chi connectivity index (χ3n) is 1.47. The van der Waals surface area contributed by atoms with E-state index in [0.29, 0.717) is 0 Å². The second-order valence-electron chi connectivity index (χ2n) is 2.28. The maximum absolute atomic E-state index is 12.9. The van der Waals surface area contributed by atoms with E-state index >= 15 is 0 Å². The fourth-order valence-corrected chi connectivity index (χ4v) is 0.893. The highest BCUT2D eigenvalue weighted by atomic mass is 19.1. The van der Waals surface area contributed by atoms with E-state index in [1.54, 1.807) is 0 Å². The summed E-state index contributed by atoms with van der Waals surface area (Å²) in [6.45, 7) is 1.32. The summed E-state index contributed by atoms with van der Waals surface area (Å²) < 4.78 is 25.7. The molecule has 0 radical (unpaired) electrons. The Morgan fingerprint density at radius 2 is 1.83 bits per heavy atom. The van der Waals surface area contributed by atoms with Gasteiger partial charge in [-0.1, -0.05) is 11.2 Å². The number of benzene rings is 1. The molecule has 0 amide bonds. The zero-order valence-electron chi connectivity index (χ0n) is 6.38. The summed E-state index contributed by atoms with van der Waals surface area (Å²) in [5, 5.41) is 11.0. The smallest absolute Gasteiger partial charge is 0.135 e. The second kappa shape index (κ2) is 3.30. The Hall–Kier alpha value is -1.45. The van der Waals surface area contributed by atoms with Crippen LogP contribution in [0.15, 0.2) is 23.4 Å². The minimum Gasteiger partial charge on any atom is -0.411 e. The lowest BCUT2D eigenvalue weighted by molar-refractivity contribution is 0.318. The fourth-order valence-electron chi connectivity index (χ4n) is 0.893. The zero-order valence-corrected chi connectivity index (χ0v) is 6.38. The van der Waals surface area contributed by atoms with Crippen molar-refractivity contribution in [3.05, 3.63) is 35.4 Å². The Balaban J connectivity index is 3.31. The number of rotatable bonds is 1. The molecule has 0 heterocycles. The molecule has 1 aromatic carbocycles. The molecule has 1 aromatic rings. The summed E-state index contributed by atoms with van der Waals surface area (Å²) in [4.78, 5) is 0. The van der Waals surface area contributed by atoms with Crippen molar-refractivity contribution in [1.29, 1.82) is 0 Å². The normalized spacial score (nSPS) is 11.8. The summed E-state index contributed by atoms with van der Waals surface area (Å²) in [6, 6.07) is 3.46. The van der Waals surface area contributed by atoms with Crippen LogP contribution in [0.5, 0.6) is 0 Å².